The predicted octanol–water partition coefficient (Wildman–Crippen LogP) is 5.27. The third-order valence-corrected chi connectivity index (χ3v) is 6.01. The molecule has 1 fully saturated rings. The summed E-state index contributed by atoms with van der Waals surface area (Å²) in [6.45, 7) is 5.94. The van der Waals surface area contributed by atoms with E-state index in [1.807, 2.05) is 24.3 Å². The van der Waals surface area contributed by atoms with Crippen molar-refractivity contribution in [3.8, 4) is 0 Å². The van der Waals surface area contributed by atoms with Gasteiger partial charge in [-0.05, 0) is 53.3 Å². The Labute approximate surface area is 192 Å². The molecule has 1 aliphatic rings. The van der Waals surface area contributed by atoms with Crippen LogP contribution in [0, 0.1) is 12.7 Å². The molecule has 33 heavy (non-hydrogen) atoms. The van der Waals surface area contributed by atoms with Gasteiger partial charge in [0, 0.05) is 24.5 Å². The highest BCUT2D eigenvalue weighted by Crippen LogP contribution is 2.40. The van der Waals surface area contributed by atoms with Crippen LogP contribution in [0.4, 0.5) is 4.39 Å². The highest BCUT2D eigenvalue weighted by atomic mass is 19.1. The number of nitrogens with zero attached hydrogens (tertiary/aromatic N) is 2. The molecule has 2 heterocycles. The zero-order valence-corrected chi connectivity index (χ0v) is 18.7. The standard InChI is InChI=1S/C27H25FN2O3/c1-16(2)19-6-8-20(9-7-19)24-23(25(31)21-5-4-17(3)22(28)14-21)26(32)27(33)30(24)15-18-10-12-29-13-11-18/h4-14,16,24,31H,15H2,1-3H3/t24-/m0/s1. The normalized spacial score (nSPS) is 17.7. The number of aliphatic hydroxyl groups is 1. The molecule has 0 spiro atoms. The lowest BCUT2D eigenvalue weighted by atomic mass is 9.93. The minimum absolute atomic E-state index is 0.0467. The Kier molecular flexibility index (Phi) is 6.09. The third kappa shape index (κ3) is 4.29. The van der Waals surface area contributed by atoms with E-state index < -0.39 is 23.5 Å². The van der Waals surface area contributed by atoms with Crippen molar-refractivity contribution < 1.29 is 19.1 Å². The number of aliphatic hydroxyl groups excluding tert-OH is 1. The van der Waals surface area contributed by atoms with Crippen LogP contribution < -0.4 is 0 Å². The van der Waals surface area contributed by atoms with E-state index in [0.29, 0.717) is 17.0 Å². The number of hydrogen-bond acceptors (Lipinski definition) is 4. The molecule has 1 N–H and O–H groups in total. The molecule has 0 saturated carbocycles. The quantitative estimate of drug-likeness (QED) is 0.330. The number of halogens is 1. The van der Waals surface area contributed by atoms with E-state index >= 15 is 0 Å². The maximum Gasteiger partial charge on any atom is 0.295 e. The van der Waals surface area contributed by atoms with Gasteiger partial charge in [0.2, 0.25) is 0 Å². The average molecular weight is 445 g/mol. The summed E-state index contributed by atoms with van der Waals surface area (Å²) >= 11 is 0. The number of carbonyl (C=O) groups excluding carboxylic acids is 2. The first-order valence-electron chi connectivity index (χ1n) is 10.8. The predicted molar refractivity (Wildman–Crippen MR) is 124 cm³/mol. The summed E-state index contributed by atoms with van der Waals surface area (Å²) in [6, 6.07) is 14.6. The molecule has 5 nitrogen and oxygen atoms in total. The van der Waals surface area contributed by atoms with Crippen molar-refractivity contribution in [2.24, 2.45) is 0 Å². The molecular formula is C27H25FN2O3. The number of hydrogen-bond donors (Lipinski definition) is 1. The number of aryl methyl sites for hydroxylation is 1. The first-order chi connectivity index (χ1) is 15.8. The SMILES string of the molecule is Cc1ccc(C(O)=C2C(=O)C(=O)N(Cc3ccncc3)[C@H]2c2ccc(C(C)C)cc2)cc1F. The van der Waals surface area contributed by atoms with E-state index in [1.54, 1.807) is 37.5 Å². The highest BCUT2D eigenvalue weighted by Gasteiger charge is 2.46. The van der Waals surface area contributed by atoms with Gasteiger partial charge in [0.25, 0.3) is 11.7 Å². The topological polar surface area (TPSA) is 70.5 Å². The van der Waals surface area contributed by atoms with Gasteiger partial charge < -0.3 is 10.0 Å². The van der Waals surface area contributed by atoms with Crippen molar-refractivity contribution >= 4 is 17.4 Å². The van der Waals surface area contributed by atoms with Gasteiger partial charge in [-0.15, -0.1) is 0 Å². The van der Waals surface area contributed by atoms with Gasteiger partial charge in [0.1, 0.15) is 11.6 Å². The summed E-state index contributed by atoms with van der Waals surface area (Å²) in [5.74, 6) is -2.07. The van der Waals surface area contributed by atoms with Gasteiger partial charge in [0.15, 0.2) is 0 Å². The van der Waals surface area contributed by atoms with Gasteiger partial charge in [-0.2, -0.15) is 0 Å². The molecule has 4 rings (SSSR count). The van der Waals surface area contributed by atoms with Crippen LogP contribution in [0.1, 0.15) is 53.6 Å². The summed E-state index contributed by atoms with van der Waals surface area (Å²) in [5.41, 5.74) is 3.15. The number of benzene rings is 2. The second-order valence-corrected chi connectivity index (χ2v) is 8.57. The van der Waals surface area contributed by atoms with Gasteiger partial charge in [-0.1, -0.05) is 50.2 Å². The van der Waals surface area contributed by atoms with Crippen molar-refractivity contribution in [2.75, 3.05) is 0 Å². The molecule has 1 amide bonds. The highest BCUT2D eigenvalue weighted by molar-refractivity contribution is 6.46. The number of ketones is 1. The maximum atomic E-state index is 14.2. The number of carbonyl (C=O) groups is 2. The first kappa shape index (κ1) is 22.4. The fourth-order valence-electron chi connectivity index (χ4n) is 4.03. The number of rotatable bonds is 5. The number of Topliss-reactive ketones (excluding diaryl/α,β-unsaturated/α-hetero) is 1. The number of amides is 1. The smallest absolute Gasteiger partial charge is 0.295 e. The van der Waals surface area contributed by atoms with Crippen molar-refractivity contribution in [2.45, 2.75) is 39.3 Å². The molecule has 0 aliphatic carbocycles. The molecule has 1 aliphatic heterocycles. The van der Waals surface area contributed by atoms with Crippen LogP contribution in [-0.4, -0.2) is 26.7 Å². The Hall–Kier alpha value is -3.80. The first-order valence-corrected chi connectivity index (χ1v) is 10.8. The van der Waals surface area contributed by atoms with Crippen LogP contribution in [-0.2, 0) is 16.1 Å². The molecule has 3 aromatic rings. The van der Waals surface area contributed by atoms with Crippen LogP contribution in [0.5, 0.6) is 0 Å². The second-order valence-electron chi connectivity index (χ2n) is 8.57. The second kappa shape index (κ2) is 8.98. The van der Waals surface area contributed by atoms with Crippen LogP contribution >= 0.6 is 0 Å². The average Bonchev–Trinajstić information content (AvgIpc) is 3.06. The largest absolute Gasteiger partial charge is 0.507 e. The lowest BCUT2D eigenvalue weighted by Gasteiger charge is -2.25. The van der Waals surface area contributed by atoms with E-state index in [2.05, 4.69) is 18.8 Å². The third-order valence-electron chi connectivity index (χ3n) is 6.01. The van der Waals surface area contributed by atoms with Crippen LogP contribution in [0.15, 0.2) is 72.6 Å². The van der Waals surface area contributed by atoms with Gasteiger partial charge in [0.05, 0.1) is 11.6 Å². The van der Waals surface area contributed by atoms with Crippen LogP contribution in [0.3, 0.4) is 0 Å². The van der Waals surface area contributed by atoms with Crippen molar-refractivity contribution in [1.29, 1.82) is 0 Å². The fraction of sp³-hybridized carbons (Fsp3) is 0.222. The summed E-state index contributed by atoms with van der Waals surface area (Å²) in [7, 11) is 0. The molecule has 1 atom stereocenters. The van der Waals surface area contributed by atoms with Crippen molar-refractivity contribution in [3.05, 3.63) is 106 Å². The van der Waals surface area contributed by atoms with Crippen LogP contribution in [0.25, 0.3) is 5.76 Å². The van der Waals surface area contributed by atoms with E-state index in [9.17, 15) is 19.1 Å². The number of aromatic nitrogens is 1. The molecule has 1 saturated heterocycles. The molecule has 2 aromatic carbocycles. The van der Waals surface area contributed by atoms with E-state index in [1.165, 1.54) is 17.0 Å². The Bertz CT molecular complexity index is 1230. The minimum atomic E-state index is -0.802. The Morgan fingerprint density at radius 1 is 1.06 bits per heavy atom. The molecule has 0 unspecified atom stereocenters. The maximum absolute atomic E-state index is 14.2. The van der Waals surface area contributed by atoms with Crippen LogP contribution in [0.2, 0.25) is 0 Å². The summed E-state index contributed by atoms with van der Waals surface area (Å²) in [6.07, 6.45) is 3.24. The number of likely N-dealkylation sites (tertiary alicyclic amines) is 1. The molecule has 0 radical (unpaired) electrons. The minimum Gasteiger partial charge on any atom is -0.507 e. The van der Waals surface area contributed by atoms with Gasteiger partial charge >= 0.3 is 0 Å². The summed E-state index contributed by atoms with van der Waals surface area (Å²) in [5, 5.41) is 11.1. The van der Waals surface area contributed by atoms with Gasteiger partial charge in [-0.3, -0.25) is 14.6 Å². The molecule has 6 heteroatoms. The fourth-order valence-corrected chi connectivity index (χ4v) is 4.03. The zero-order chi connectivity index (χ0) is 23.7. The Balaban J connectivity index is 1.86. The van der Waals surface area contributed by atoms with Gasteiger partial charge in [-0.25, -0.2) is 4.39 Å². The molecule has 1 aromatic heterocycles. The summed E-state index contributed by atoms with van der Waals surface area (Å²) < 4.78 is 14.2. The lowest BCUT2D eigenvalue weighted by molar-refractivity contribution is -0.140. The summed E-state index contributed by atoms with van der Waals surface area (Å²) in [4.78, 5) is 31.6. The van der Waals surface area contributed by atoms with E-state index in [4.69, 9.17) is 0 Å². The zero-order valence-electron chi connectivity index (χ0n) is 18.7. The van der Waals surface area contributed by atoms with E-state index in [0.717, 1.165) is 11.1 Å². The lowest BCUT2D eigenvalue weighted by Crippen LogP contribution is -2.29. The molecule has 168 valence electrons. The Morgan fingerprint density at radius 2 is 1.73 bits per heavy atom. The van der Waals surface area contributed by atoms with E-state index in [-0.39, 0.29) is 23.4 Å². The van der Waals surface area contributed by atoms with Crippen molar-refractivity contribution in [3.63, 3.8) is 0 Å². The number of pyridine rings is 1. The molecule has 0 bridgehead atoms. The van der Waals surface area contributed by atoms with Crippen molar-refractivity contribution in [1.82, 2.24) is 9.88 Å². The molecular weight excluding hydrogens is 419 g/mol. The monoisotopic (exact) mass is 444 g/mol. The Morgan fingerprint density at radius 3 is 2.33 bits per heavy atom.